The molecule has 0 bridgehead atoms. The fourth-order valence-corrected chi connectivity index (χ4v) is 2.97. The quantitative estimate of drug-likeness (QED) is 0.725. The van der Waals surface area contributed by atoms with Crippen LogP contribution in [0, 0.1) is 0 Å². The zero-order valence-corrected chi connectivity index (χ0v) is 15.7. The van der Waals surface area contributed by atoms with Crippen molar-refractivity contribution in [2.75, 3.05) is 14.2 Å². The summed E-state index contributed by atoms with van der Waals surface area (Å²) in [6.07, 6.45) is 3.12. The Hall–Kier alpha value is -2.17. The Kier molecular flexibility index (Phi) is 6.73. The van der Waals surface area contributed by atoms with Crippen molar-refractivity contribution in [3.63, 3.8) is 0 Å². The van der Waals surface area contributed by atoms with Crippen LogP contribution in [0.1, 0.15) is 24.1 Å². The Labute approximate surface area is 157 Å². The van der Waals surface area contributed by atoms with Gasteiger partial charge in [0.1, 0.15) is 0 Å². The van der Waals surface area contributed by atoms with E-state index in [1.54, 1.807) is 44.6 Å². The van der Waals surface area contributed by atoms with Gasteiger partial charge in [-0.2, -0.15) is 0 Å². The number of hydrogen-bond acceptors (Lipinski definition) is 3. The molecule has 0 spiro atoms. The van der Waals surface area contributed by atoms with E-state index in [1.165, 1.54) is 6.08 Å². The first kappa shape index (κ1) is 19.2. The lowest BCUT2D eigenvalue weighted by molar-refractivity contribution is -0.117. The molecular formula is C19H19Cl2NO3. The first-order chi connectivity index (χ1) is 12.0. The Bertz CT molecular complexity index is 790. The van der Waals surface area contributed by atoms with Crippen LogP contribution in [0.4, 0.5) is 0 Å². The molecule has 1 amide bonds. The van der Waals surface area contributed by atoms with E-state index in [0.717, 1.165) is 11.1 Å². The number of methoxy groups -OCH3 is 2. The number of ether oxygens (including phenoxy) is 2. The van der Waals surface area contributed by atoms with Gasteiger partial charge in [-0.25, -0.2) is 0 Å². The molecule has 0 aliphatic rings. The maximum atomic E-state index is 12.2. The Balaban J connectivity index is 2.11. The summed E-state index contributed by atoms with van der Waals surface area (Å²) in [7, 11) is 3.12. The molecule has 0 aromatic heterocycles. The molecule has 1 N–H and O–H groups in total. The number of carbonyl (C=O) groups excluding carboxylic acids is 1. The molecule has 0 heterocycles. The normalized spacial score (nSPS) is 12.0. The van der Waals surface area contributed by atoms with Gasteiger partial charge in [0.2, 0.25) is 5.91 Å². The molecule has 0 saturated heterocycles. The van der Waals surface area contributed by atoms with Crippen LogP contribution in [0.25, 0.3) is 6.08 Å². The summed E-state index contributed by atoms with van der Waals surface area (Å²) < 4.78 is 10.6. The van der Waals surface area contributed by atoms with Crippen LogP contribution >= 0.6 is 23.2 Å². The van der Waals surface area contributed by atoms with Gasteiger partial charge in [0.25, 0.3) is 0 Å². The molecular weight excluding hydrogens is 361 g/mol. The van der Waals surface area contributed by atoms with Gasteiger partial charge >= 0.3 is 0 Å². The zero-order chi connectivity index (χ0) is 18.4. The van der Waals surface area contributed by atoms with Crippen molar-refractivity contribution >= 4 is 35.2 Å². The molecule has 1 atom stereocenters. The van der Waals surface area contributed by atoms with Crippen LogP contribution < -0.4 is 14.8 Å². The van der Waals surface area contributed by atoms with Crippen LogP contribution in [-0.4, -0.2) is 20.1 Å². The van der Waals surface area contributed by atoms with Crippen molar-refractivity contribution in [3.05, 3.63) is 63.6 Å². The maximum absolute atomic E-state index is 12.2. The van der Waals surface area contributed by atoms with E-state index in [9.17, 15) is 4.79 Å². The number of benzene rings is 2. The number of para-hydroxylation sites is 1. The van der Waals surface area contributed by atoms with Gasteiger partial charge in [-0.05, 0) is 36.8 Å². The molecule has 2 rings (SSSR count). The summed E-state index contributed by atoms with van der Waals surface area (Å²) in [5.74, 6) is 0.928. The standard InChI is InChI=1S/C19H19Cl2NO3/c1-12(15-9-8-14(20)11-16(15)21)22-18(23)10-7-13-5-4-6-17(24-2)19(13)25-3/h4-12H,1-3H3,(H,22,23)/b10-7+/t12-/m0/s1. The summed E-state index contributed by atoms with van der Waals surface area (Å²) >= 11 is 12.1. The van der Waals surface area contributed by atoms with Crippen molar-refractivity contribution in [2.45, 2.75) is 13.0 Å². The third-order valence-electron chi connectivity index (χ3n) is 3.64. The van der Waals surface area contributed by atoms with E-state index in [1.807, 2.05) is 19.1 Å². The second kappa shape index (κ2) is 8.79. The second-order valence-electron chi connectivity index (χ2n) is 5.31. The molecule has 0 saturated carbocycles. The zero-order valence-electron chi connectivity index (χ0n) is 14.2. The lowest BCUT2D eigenvalue weighted by Gasteiger charge is -2.15. The first-order valence-corrected chi connectivity index (χ1v) is 8.36. The molecule has 0 aliphatic carbocycles. The van der Waals surface area contributed by atoms with Gasteiger partial charge in [-0.1, -0.05) is 41.4 Å². The maximum Gasteiger partial charge on any atom is 0.244 e. The monoisotopic (exact) mass is 379 g/mol. The fraction of sp³-hybridized carbons (Fsp3) is 0.211. The van der Waals surface area contributed by atoms with Gasteiger partial charge < -0.3 is 14.8 Å². The summed E-state index contributed by atoms with van der Waals surface area (Å²) in [6.45, 7) is 1.85. The number of nitrogens with one attached hydrogen (secondary N) is 1. The lowest BCUT2D eigenvalue weighted by atomic mass is 10.1. The third kappa shape index (κ3) is 4.91. The highest BCUT2D eigenvalue weighted by atomic mass is 35.5. The van der Waals surface area contributed by atoms with Crippen molar-refractivity contribution in [2.24, 2.45) is 0 Å². The van der Waals surface area contributed by atoms with Crippen LogP contribution in [0.2, 0.25) is 10.0 Å². The van der Waals surface area contributed by atoms with Crippen LogP contribution in [0.3, 0.4) is 0 Å². The van der Waals surface area contributed by atoms with Gasteiger partial charge in [-0.15, -0.1) is 0 Å². The molecule has 2 aromatic rings. The summed E-state index contributed by atoms with van der Waals surface area (Å²) in [5, 5.41) is 3.93. The average molecular weight is 380 g/mol. The smallest absolute Gasteiger partial charge is 0.244 e. The van der Waals surface area contributed by atoms with E-state index >= 15 is 0 Å². The minimum Gasteiger partial charge on any atom is -0.493 e. The molecule has 25 heavy (non-hydrogen) atoms. The summed E-state index contributed by atoms with van der Waals surface area (Å²) in [6, 6.07) is 10.4. The topological polar surface area (TPSA) is 47.6 Å². The van der Waals surface area contributed by atoms with E-state index in [-0.39, 0.29) is 11.9 Å². The highest BCUT2D eigenvalue weighted by molar-refractivity contribution is 6.35. The Morgan fingerprint density at radius 1 is 1.16 bits per heavy atom. The molecule has 132 valence electrons. The lowest BCUT2D eigenvalue weighted by Crippen LogP contribution is -2.24. The number of carbonyl (C=O) groups is 1. The Morgan fingerprint density at radius 2 is 1.92 bits per heavy atom. The van der Waals surface area contributed by atoms with Gasteiger partial charge in [0.05, 0.1) is 20.3 Å². The SMILES string of the molecule is COc1cccc(/C=C/C(=O)N[C@@H](C)c2ccc(Cl)cc2Cl)c1OC. The average Bonchev–Trinajstić information content (AvgIpc) is 2.59. The van der Waals surface area contributed by atoms with Gasteiger partial charge in [0.15, 0.2) is 11.5 Å². The predicted molar refractivity (Wildman–Crippen MR) is 102 cm³/mol. The minimum atomic E-state index is -0.255. The number of rotatable bonds is 6. The van der Waals surface area contributed by atoms with E-state index in [0.29, 0.717) is 21.5 Å². The van der Waals surface area contributed by atoms with Gasteiger partial charge in [0, 0.05) is 21.7 Å². The van der Waals surface area contributed by atoms with Crippen molar-refractivity contribution in [1.29, 1.82) is 0 Å². The summed E-state index contributed by atoms with van der Waals surface area (Å²) in [5.41, 5.74) is 1.54. The summed E-state index contributed by atoms with van der Waals surface area (Å²) in [4.78, 5) is 12.2. The molecule has 0 radical (unpaired) electrons. The van der Waals surface area contributed by atoms with Gasteiger partial charge in [-0.3, -0.25) is 4.79 Å². The molecule has 0 aliphatic heterocycles. The highest BCUT2D eigenvalue weighted by Crippen LogP contribution is 2.31. The van der Waals surface area contributed by atoms with Crippen LogP contribution in [0.15, 0.2) is 42.5 Å². The van der Waals surface area contributed by atoms with E-state index in [2.05, 4.69) is 5.32 Å². The number of hydrogen-bond donors (Lipinski definition) is 1. The van der Waals surface area contributed by atoms with Crippen LogP contribution in [-0.2, 0) is 4.79 Å². The fourth-order valence-electron chi connectivity index (χ4n) is 2.40. The van der Waals surface area contributed by atoms with Crippen molar-refractivity contribution in [1.82, 2.24) is 5.32 Å². The largest absolute Gasteiger partial charge is 0.493 e. The van der Waals surface area contributed by atoms with E-state index < -0.39 is 0 Å². The molecule has 0 unspecified atom stereocenters. The third-order valence-corrected chi connectivity index (χ3v) is 4.20. The number of amides is 1. The molecule has 4 nitrogen and oxygen atoms in total. The predicted octanol–water partition coefficient (Wildman–Crippen LogP) is 4.90. The van der Waals surface area contributed by atoms with Crippen molar-refractivity contribution < 1.29 is 14.3 Å². The van der Waals surface area contributed by atoms with Crippen LogP contribution in [0.5, 0.6) is 11.5 Å². The first-order valence-electron chi connectivity index (χ1n) is 7.60. The second-order valence-corrected chi connectivity index (χ2v) is 6.16. The molecule has 0 fully saturated rings. The molecule has 6 heteroatoms. The Morgan fingerprint density at radius 3 is 2.56 bits per heavy atom. The highest BCUT2D eigenvalue weighted by Gasteiger charge is 2.12. The molecule has 2 aromatic carbocycles. The number of halogens is 2. The van der Waals surface area contributed by atoms with E-state index in [4.69, 9.17) is 32.7 Å². The van der Waals surface area contributed by atoms with Crippen molar-refractivity contribution in [3.8, 4) is 11.5 Å². The minimum absolute atomic E-state index is 0.247.